The summed E-state index contributed by atoms with van der Waals surface area (Å²) in [5, 5.41) is 12.5. The Bertz CT molecular complexity index is 662. The van der Waals surface area contributed by atoms with Crippen LogP contribution in [0.1, 0.15) is 24.8 Å². The molecule has 4 heteroatoms. The monoisotopic (exact) mass is 311 g/mol. The van der Waals surface area contributed by atoms with E-state index in [1.807, 2.05) is 30.4 Å². The van der Waals surface area contributed by atoms with Crippen LogP contribution in [0.15, 0.2) is 42.5 Å². The SMILES string of the molecule is O=C(O)C1C2C=CC(C2)C1C(=O)NCC1(c2ccccc2)CC1. The smallest absolute Gasteiger partial charge is 0.307 e. The van der Waals surface area contributed by atoms with Crippen molar-refractivity contribution in [3.05, 3.63) is 48.0 Å². The molecule has 4 unspecified atom stereocenters. The maximum Gasteiger partial charge on any atom is 0.307 e. The van der Waals surface area contributed by atoms with Crippen LogP contribution in [-0.2, 0) is 15.0 Å². The lowest BCUT2D eigenvalue weighted by Gasteiger charge is -2.25. The average Bonchev–Trinajstić information content (AvgIpc) is 3.07. The van der Waals surface area contributed by atoms with Crippen LogP contribution in [0.2, 0.25) is 0 Å². The van der Waals surface area contributed by atoms with Gasteiger partial charge in [0.25, 0.3) is 0 Å². The first kappa shape index (κ1) is 14.5. The summed E-state index contributed by atoms with van der Waals surface area (Å²) < 4.78 is 0. The fourth-order valence-corrected chi connectivity index (χ4v) is 4.40. The molecule has 0 radical (unpaired) electrons. The van der Waals surface area contributed by atoms with Gasteiger partial charge in [-0.15, -0.1) is 0 Å². The normalized spacial score (nSPS) is 32.7. The third-order valence-electron chi connectivity index (χ3n) is 5.89. The van der Waals surface area contributed by atoms with E-state index in [-0.39, 0.29) is 23.2 Å². The van der Waals surface area contributed by atoms with Crippen molar-refractivity contribution in [2.75, 3.05) is 6.54 Å². The zero-order valence-corrected chi connectivity index (χ0v) is 12.9. The van der Waals surface area contributed by atoms with Gasteiger partial charge in [-0.2, -0.15) is 0 Å². The number of carbonyl (C=O) groups is 2. The average molecular weight is 311 g/mol. The number of amides is 1. The lowest BCUT2D eigenvalue weighted by molar-refractivity contribution is -0.147. The Hall–Kier alpha value is -2.10. The van der Waals surface area contributed by atoms with Crippen molar-refractivity contribution in [3.8, 4) is 0 Å². The van der Waals surface area contributed by atoms with Crippen LogP contribution in [0.4, 0.5) is 0 Å². The van der Waals surface area contributed by atoms with Crippen molar-refractivity contribution in [3.63, 3.8) is 0 Å². The van der Waals surface area contributed by atoms with Gasteiger partial charge >= 0.3 is 5.97 Å². The van der Waals surface area contributed by atoms with Gasteiger partial charge in [-0.3, -0.25) is 9.59 Å². The molecule has 2 bridgehead atoms. The molecular weight excluding hydrogens is 290 g/mol. The highest BCUT2D eigenvalue weighted by Crippen LogP contribution is 2.49. The van der Waals surface area contributed by atoms with Crippen molar-refractivity contribution in [2.24, 2.45) is 23.7 Å². The molecule has 120 valence electrons. The fraction of sp³-hybridized carbons (Fsp3) is 0.474. The Morgan fingerprint density at radius 2 is 1.74 bits per heavy atom. The molecule has 4 rings (SSSR count). The molecule has 3 aliphatic rings. The second kappa shape index (κ2) is 5.22. The van der Waals surface area contributed by atoms with E-state index >= 15 is 0 Å². The Morgan fingerprint density at radius 3 is 2.35 bits per heavy atom. The number of rotatable bonds is 5. The van der Waals surface area contributed by atoms with Gasteiger partial charge in [0.15, 0.2) is 0 Å². The first-order valence-electron chi connectivity index (χ1n) is 8.35. The number of allylic oxidation sites excluding steroid dienone is 2. The predicted molar refractivity (Wildman–Crippen MR) is 85.7 cm³/mol. The quantitative estimate of drug-likeness (QED) is 0.820. The van der Waals surface area contributed by atoms with E-state index in [9.17, 15) is 14.7 Å². The van der Waals surface area contributed by atoms with Gasteiger partial charge < -0.3 is 10.4 Å². The van der Waals surface area contributed by atoms with Gasteiger partial charge in [-0.25, -0.2) is 0 Å². The number of aliphatic carboxylic acids is 1. The lowest BCUT2D eigenvalue weighted by Crippen LogP contribution is -2.42. The van der Waals surface area contributed by atoms with Crippen LogP contribution in [0.5, 0.6) is 0 Å². The summed E-state index contributed by atoms with van der Waals surface area (Å²) in [7, 11) is 0. The van der Waals surface area contributed by atoms with E-state index in [1.54, 1.807) is 0 Å². The Kier molecular flexibility index (Phi) is 3.29. The number of benzene rings is 1. The number of hydrogen-bond acceptors (Lipinski definition) is 2. The molecule has 1 aromatic rings. The largest absolute Gasteiger partial charge is 0.481 e. The predicted octanol–water partition coefficient (Wildman–Crippen LogP) is 2.36. The number of hydrogen-bond donors (Lipinski definition) is 2. The second-order valence-electron chi connectivity index (χ2n) is 7.20. The van der Waals surface area contributed by atoms with Crippen molar-refractivity contribution in [1.82, 2.24) is 5.32 Å². The zero-order chi connectivity index (χ0) is 16.0. The van der Waals surface area contributed by atoms with E-state index < -0.39 is 17.8 Å². The standard InChI is InChI=1S/C19H21NO3/c21-17(15-12-6-7-13(10-12)16(15)18(22)23)20-11-19(8-9-19)14-4-2-1-3-5-14/h1-7,12-13,15-16H,8-11H2,(H,20,21)(H,22,23). The molecule has 1 amide bonds. The van der Waals surface area contributed by atoms with Crippen LogP contribution in [0.3, 0.4) is 0 Å². The Balaban J connectivity index is 1.45. The van der Waals surface area contributed by atoms with Crippen LogP contribution < -0.4 is 5.32 Å². The summed E-state index contributed by atoms with van der Waals surface area (Å²) in [4.78, 5) is 24.2. The Morgan fingerprint density at radius 1 is 1.09 bits per heavy atom. The molecule has 2 N–H and O–H groups in total. The highest BCUT2D eigenvalue weighted by molar-refractivity contribution is 5.87. The summed E-state index contributed by atoms with van der Waals surface area (Å²) in [6.45, 7) is 0.611. The minimum Gasteiger partial charge on any atom is -0.481 e. The van der Waals surface area contributed by atoms with E-state index in [0.717, 1.165) is 19.3 Å². The van der Waals surface area contributed by atoms with Gasteiger partial charge in [0.05, 0.1) is 11.8 Å². The molecule has 0 saturated heterocycles. The second-order valence-corrected chi connectivity index (χ2v) is 7.20. The minimum absolute atomic E-state index is 0.0252. The van der Waals surface area contributed by atoms with Crippen LogP contribution in [0, 0.1) is 23.7 Å². The summed E-state index contributed by atoms with van der Waals surface area (Å²) in [6.07, 6.45) is 6.96. The van der Waals surface area contributed by atoms with Crippen LogP contribution >= 0.6 is 0 Å². The highest BCUT2D eigenvalue weighted by Gasteiger charge is 2.52. The summed E-state index contributed by atoms with van der Waals surface area (Å²) in [5.74, 6) is -1.78. The van der Waals surface area contributed by atoms with Crippen molar-refractivity contribution in [2.45, 2.75) is 24.7 Å². The highest BCUT2D eigenvalue weighted by atomic mass is 16.4. The first-order chi connectivity index (χ1) is 11.1. The molecule has 2 fully saturated rings. The zero-order valence-electron chi connectivity index (χ0n) is 12.9. The lowest BCUT2D eigenvalue weighted by atomic mass is 9.82. The van der Waals surface area contributed by atoms with Gasteiger partial charge in [-0.05, 0) is 36.7 Å². The topological polar surface area (TPSA) is 66.4 Å². The molecule has 3 aliphatic carbocycles. The maximum atomic E-state index is 12.6. The van der Waals surface area contributed by atoms with Gasteiger partial charge in [0.2, 0.25) is 5.91 Å². The number of fused-ring (bicyclic) bond motifs is 2. The van der Waals surface area contributed by atoms with Crippen molar-refractivity contribution in [1.29, 1.82) is 0 Å². The fourth-order valence-electron chi connectivity index (χ4n) is 4.40. The Labute approximate surface area is 135 Å². The molecule has 0 spiro atoms. The number of carbonyl (C=O) groups excluding carboxylic acids is 1. The molecule has 2 saturated carbocycles. The molecule has 4 atom stereocenters. The number of nitrogens with one attached hydrogen (secondary N) is 1. The van der Waals surface area contributed by atoms with E-state index in [0.29, 0.717) is 6.54 Å². The van der Waals surface area contributed by atoms with E-state index in [4.69, 9.17) is 0 Å². The van der Waals surface area contributed by atoms with Crippen molar-refractivity contribution < 1.29 is 14.7 Å². The molecule has 1 aromatic carbocycles. The summed E-state index contributed by atoms with van der Waals surface area (Å²) >= 11 is 0. The van der Waals surface area contributed by atoms with Gasteiger partial charge in [0, 0.05) is 12.0 Å². The van der Waals surface area contributed by atoms with E-state index in [1.165, 1.54) is 5.56 Å². The number of carboxylic acid groups (broad SMARTS) is 1. The molecule has 23 heavy (non-hydrogen) atoms. The molecule has 0 aromatic heterocycles. The number of carboxylic acids is 1. The maximum absolute atomic E-state index is 12.6. The molecule has 4 nitrogen and oxygen atoms in total. The third kappa shape index (κ3) is 2.37. The molecule has 0 aliphatic heterocycles. The van der Waals surface area contributed by atoms with Crippen LogP contribution in [0.25, 0.3) is 0 Å². The van der Waals surface area contributed by atoms with E-state index in [2.05, 4.69) is 17.4 Å². The third-order valence-corrected chi connectivity index (χ3v) is 5.89. The first-order valence-corrected chi connectivity index (χ1v) is 8.35. The van der Waals surface area contributed by atoms with Gasteiger partial charge in [-0.1, -0.05) is 42.5 Å². The molecule has 0 heterocycles. The molecular formula is C19H21NO3. The van der Waals surface area contributed by atoms with Gasteiger partial charge in [0.1, 0.15) is 0 Å². The minimum atomic E-state index is -0.841. The summed E-state index contributed by atoms with van der Waals surface area (Å²) in [5.41, 5.74) is 1.33. The van der Waals surface area contributed by atoms with Crippen LogP contribution in [-0.4, -0.2) is 23.5 Å². The van der Waals surface area contributed by atoms with Crippen molar-refractivity contribution >= 4 is 11.9 Å². The summed E-state index contributed by atoms with van der Waals surface area (Å²) in [6, 6.07) is 10.3.